The van der Waals surface area contributed by atoms with Gasteiger partial charge in [-0.3, -0.25) is 4.98 Å². The van der Waals surface area contributed by atoms with Gasteiger partial charge in [0.25, 0.3) is 0 Å². The number of hydrogen-bond donors (Lipinski definition) is 1. The van der Waals surface area contributed by atoms with Crippen LogP contribution in [0.4, 0.5) is 5.69 Å². The number of nitrogens with zero attached hydrogens (tertiary/aromatic N) is 1. The summed E-state index contributed by atoms with van der Waals surface area (Å²) in [7, 11) is 0. The predicted octanol–water partition coefficient (Wildman–Crippen LogP) is 4.38. The Bertz CT molecular complexity index is 740. The molecule has 0 unspecified atom stereocenters. The average molecular weight is 299 g/mol. The van der Waals surface area contributed by atoms with Gasteiger partial charge in [0.05, 0.1) is 10.7 Å². The van der Waals surface area contributed by atoms with Gasteiger partial charge in [0.2, 0.25) is 0 Å². The monoisotopic (exact) mass is 298 g/mol. The number of pyridine rings is 1. The lowest BCUT2D eigenvalue weighted by Crippen LogP contribution is -2.11. The van der Waals surface area contributed by atoms with Crippen molar-refractivity contribution in [2.45, 2.75) is 0 Å². The maximum Gasteiger partial charge on any atom is 0.145 e. The van der Waals surface area contributed by atoms with E-state index >= 15 is 0 Å². The molecule has 0 saturated heterocycles. The number of anilines is 1. The van der Waals surface area contributed by atoms with Crippen molar-refractivity contribution in [2.24, 2.45) is 0 Å². The van der Waals surface area contributed by atoms with Crippen LogP contribution in [-0.2, 0) is 0 Å². The van der Waals surface area contributed by atoms with E-state index in [1.807, 2.05) is 54.6 Å². The fourth-order valence-corrected chi connectivity index (χ4v) is 2.35. The molecule has 1 heterocycles. The van der Waals surface area contributed by atoms with Crippen LogP contribution in [0.1, 0.15) is 0 Å². The van der Waals surface area contributed by atoms with Gasteiger partial charge < -0.3 is 10.1 Å². The van der Waals surface area contributed by atoms with Crippen molar-refractivity contribution >= 4 is 28.2 Å². The molecular formula is C17H15ClN2O. The zero-order valence-corrected chi connectivity index (χ0v) is 12.2. The zero-order valence-electron chi connectivity index (χ0n) is 11.4. The average Bonchev–Trinajstić information content (AvgIpc) is 2.53. The van der Waals surface area contributed by atoms with Crippen molar-refractivity contribution in [2.75, 3.05) is 18.5 Å². The van der Waals surface area contributed by atoms with E-state index in [2.05, 4.69) is 10.3 Å². The first-order valence-corrected chi connectivity index (χ1v) is 7.17. The van der Waals surface area contributed by atoms with Gasteiger partial charge in [-0.05, 0) is 24.3 Å². The predicted molar refractivity (Wildman–Crippen MR) is 87.2 cm³/mol. The lowest BCUT2D eigenvalue weighted by atomic mass is 10.2. The molecule has 0 radical (unpaired) electrons. The Morgan fingerprint density at radius 2 is 1.86 bits per heavy atom. The molecule has 3 aromatic rings. The van der Waals surface area contributed by atoms with Crippen molar-refractivity contribution < 1.29 is 4.74 Å². The van der Waals surface area contributed by atoms with E-state index in [1.54, 1.807) is 6.20 Å². The van der Waals surface area contributed by atoms with E-state index in [-0.39, 0.29) is 0 Å². The van der Waals surface area contributed by atoms with Gasteiger partial charge in [-0.15, -0.1) is 0 Å². The first kappa shape index (κ1) is 13.7. The maximum atomic E-state index is 6.08. The van der Waals surface area contributed by atoms with E-state index in [1.165, 1.54) is 0 Å². The number of hydrogen-bond acceptors (Lipinski definition) is 3. The summed E-state index contributed by atoms with van der Waals surface area (Å²) >= 11 is 6.08. The van der Waals surface area contributed by atoms with Crippen molar-refractivity contribution in [3.05, 3.63) is 65.8 Å². The molecule has 0 fully saturated rings. The normalized spacial score (nSPS) is 10.5. The SMILES string of the molecule is Clc1ccccc1NCCOc1cccc2cccnc12. The molecule has 21 heavy (non-hydrogen) atoms. The van der Waals surface area contributed by atoms with E-state index in [0.717, 1.165) is 22.3 Å². The highest BCUT2D eigenvalue weighted by Crippen LogP contribution is 2.23. The number of aromatic nitrogens is 1. The maximum absolute atomic E-state index is 6.08. The lowest BCUT2D eigenvalue weighted by Gasteiger charge is -2.11. The second-order valence-corrected chi connectivity index (χ2v) is 4.99. The van der Waals surface area contributed by atoms with Gasteiger partial charge in [-0.2, -0.15) is 0 Å². The van der Waals surface area contributed by atoms with E-state index in [0.29, 0.717) is 18.2 Å². The third-order valence-corrected chi connectivity index (χ3v) is 3.47. The second-order valence-electron chi connectivity index (χ2n) is 4.59. The minimum absolute atomic E-state index is 0.543. The van der Waals surface area contributed by atoms with Crippen molar-refractivity contribution in [1.29, 1.82) is 0 Å². The largest absolute Gasteiger partial charge is 0.489 e. The number of benzene rings is 2. The van der Waals surface area contributed by atoms with Crippen LogP contribution in [0, 0.1) is 0 Å². The van der Waals surface area contributed by atoms with Crippen LogP contribution >= 0.6 is 11.6 Å². The minimum Gasteiger partial charge on any atom is -0.489 e. The highest BCUT2D eigenvalue weighted by Gasteiger charge is 2.02. The van der Waals surface area contributed by atoms with Crippen molar-refractivity contribution in [1.82, 2.24) is 4.98 Å². The van der Waals surface area contributed by atoms with Crippen LogP contribution in [0.5, 0.6) is 5.75 Å². The molecule has 0 bridgehead atoms. The summed E-state index contributed by atoms with van der Waals surface area (Å²) in [5.74, 6) is 0.800. The first-order valence-electron chi connectivity index (χ1n) is 6.79. The Morgan fingerprint density at radius 1 is 1.00 bits per heavy atom. The van der Waals surface area contributed by atoms with Gasteiger partial charge in [-0.1, -0.05) is 41.9 Å². The van der Waals surface area contributed by atoms with Crippen molar-refractivity contribution in [3.63, 3.8) is 0 Å². The molecule has 0 amide bonds. The van der Waals surface area contributed by atoms with Gasteiger partial charge in [0.15, 0.2) is 0 Å². The van der Waals surface area contributed by atoms with E-state index in [4.69, 9.17) is 16.3 Å². The van der Waals surface area contributed by atoms with Gasteiger partial charge in [0.1, 0.15) is 17.9 Å². The van der Waals surface area contributed by atoms with E-state index < -0.39 is 0 Å². The number of rotatable bonds is 5. The summed E-state index contributed by atoms with van der Waals surface area (Å²) in [4.78, 5) is 4.37. The number of fused-ring (bicyclic) bond motifs is 1. The number of para-hydroxylation sites is 2. The van der Waals surface area contributed by atoms with Gasteiger partial charge in [0, 0.05) is 18.1 Å². The standard InChI is InChI=1S/C17H15ClN2O/c18-14-7-1-2-8-15(14)19-11-12-21-16-9-3-5-13-6-4-10-20-17(13)16/h1-10,19H,11-12H2. The van der Waals surface area contributed by atoms with E-state index in [9.17, 15) is 0 Å². The zero-order chi connectivity index (χ0) is 14.5. The molecule has 0 spiro atoms. The molecule has 0 aliphatic heterocycles. The summed E-state index contributed by atoms with van der Waals surface area (Å²) in [6.07, 6.45) is 1.77. The molecule has 4 heteroatoms. The van der Waals surface area contributed by atoms with Crippen LogP contribution < -0.4 is 10.1 Å². The lowest BCUT2D eigenvalue weighted by molar-refractivity contribution is 0.336. The highest BCUT2D eigenvalue weighted by atomic mass is 35.5. The smallest absolute Gasteiger partial charge is 0.145 e. The summed E-state index contributed by atoms with van der Waals surface area (Å²) in [5, 5.41) is 5.04. The van der Waals surface area contributed by atoms with Crippen LogP contribution in [0.3, 0.4) is 0 Å². The molecule has 1 aromatic heterocycles. The van der Waals surface area contributed by atoms with Gasteiger partial charge in [-0.25, -0.2) is 0 Å². The molecular weight excluding hydrogens is 284 g/mol. The summed E-state index contributed by atoms with van der Waals surface area (Å²) in [5.41, 5.74) is 1.80. The Hall–Kier alpha value is -2.26. The third kappa shape index (κ3) is 3.26. The van der Waals surface area contributed by atoms with Crippen LogP contribution in [0.2, 0.25) is 5.02 Å². The number of ether oxygens (including phenoxy) is 1. The molecule has 106 valence electrons. The summed E-state index contributed by atoms with van der Waals surface area (Å²) in [6, 6.07) is 17.5. The molecule has 2 aromatic carbocycles. The van der Waals surface area contributed by atoms with Crippen molar-refractivity contribution in [3.8, 4) is 5.75 Å². The first-order chi connectivity index (χ1) is 10.3. The molecule has 0 atom stereocenters. The highest BCUT2D eigenvalue weighted by molar-refractivity contribution is 6.33. The Labute approximate surface area is 128 Å². The summed E-state index contributed by atoms with van der Waals surface area (Å²) < 4.78 is 5.81. The number of nitrogens with one attached hydrogen (secondary N) is 1. The second kappa shape index (κ2) is 6.46. The number of halogens is 1. The molecule has 1 N–H and O–H groups in total. The third-order valence-electron chi connectivity index (χ3n) is 3.14. The van der Waals surface area contributed by atoms with Gasteiger partial charge >= 0.3 is 0 Å². The van der Waals surface area contributed by atoms with Crippen LogP contribution in [0.15, 0.2) is 60.8 Å². The Morgan fingerprint density at radius 3 is 2.76 bits per heavy atom. The Kier molecular flexibility index (Phi) is 4.22. The fourth-order valence-electron chi connectivity index (χ4n) is 2.14. The summed E-state index contributed by atoms with van der Waals surface area (Å²) in [6.45, 7) is 1.22. The molecule has 0 aliphatic rings. The topological polar surface area (TPSA) is 34.1 Å². The molecule has 0 saturated carbocycles. The Balaban J connectivity index is 1.61. The molecule has 3 rings (SSSR count). The quantitative estimate of drug-likeness (QED) is 0.710. The molecule has 3 nitrogen and oxygen atoms in total. The van der Waals surface area contributed by atoms with Crippen LogP contribution in [0.25, 0.3) is 10.9 Å². The molecule has 0 aliphatic carbocycles. The van der Waals surface area contributed by atoms with Crippen LogP contribution in [-0.4, -0.2) is 18.1 Å². The minimum atomic E-state index is 0.543. The fraction of sp³-hybridized carbons (Fsp3) is 0.118.